The molecule has 2 aromatic rings. The second kappa shape index (κ2) is 7.98. The summed E-state index contributed by atoms with van der Waals surface area (Å²) in [6.45, 7) is 1.17. The number of rotatable bonds is 6. The van der Waals surface area contributed by atoms with E-state index < -0.39 is 5.97 Å². The zero-order valence-corrected chi connectivity index (χ0v) is 14.4. The van der Waals surface area contributed by atoms with E-state index in [2.05, 4.69) is 0 Å². The molecule has 1 aliphatic rings. The molecule has 0 spiro atoms. The van der Waals surface area contributed by atoms with Crippen LogP contribution in [0.1, 0.15) is 10.4 Å². The Morgan fingerprint density at radius 1 is 1.16 bits per heavy atom. The third kappa shape index (κ3) is 4.28. The minimum atomic E-state index is -0.495. The number of fused-ring (bicyclic) bond motifs is 1. The van der Waals surface area contributed by atoms with Gasteiger partial charge in [0.25, 0.3) is 0 Å². The second-order valence-electron chi connectivity index (χ2n) is 5.14. The molecule has 0 bridgehead atoms. The van der Waals surface area contributed by atoms with Gasteiger partial charge in [0.15, 0.2) is 11.5 Å². The topological polar surface area (TPSA) is 63.2 Å². The molecule has 0 atom stereocenters. The van der Waals surface area contributed by atoms with Crippen molar-refractivity contribution in [2.24, 2.45) is 0 Å². The lowest BCUT2D eigenvalue weighted by atomic mass is 10.1. The summed E-state index contributed by atoms with van der Waals surface area (Å²) >= 11 is 5.88. The minimum absolute atomic E-state index is 0.0993. The monoisotopic (exact) mass is 364 g/mol. The maximum absolute atomic E-state index is 12.2. The van der Waals surface area contributed by atoms with Crippen molar-refractivity contribution in [3.8, 4) is 23.0 Å². The molecular formula is C18H17ClO6. The number of halogens is 1. The summed E-state index contributed by atoms with van der Waals surface area (Å²) in [7, 11) is 1.50. The SMILES string of the molecule is COc1cc(C(=O)OCCOc2cccc(Cl)c2)cc2c1OCCO2. The fraction of sp³-hybridized carbons (Fsp3) is 0.278. The molecule has 2 aromatic carbocycles. The maximum atomic E-state index is 12.2. The van der Waals surface area contributed by atoms with Gasteiger partial charge >= 0.3 is 5.97 Å². The van der Waals surface area contributed by atoms with Crippen molar-refractivity contribution in [3.63, 3.8) is 0 Å². The van der Waals surface area contributed by atoms with Crippen LogP contribution in [0, 0.1) is 0 Å². The van der Waals surface area contributed by atoms with Crippen molar-refractivity contribution in [3.05, 3.63) is 47.0 Å². The summed E-state index contributed by atoms with van der Waals surface area (Å²) < 4.78 is 27.0. The second-order valence-corrected chi connectivity index (χ2v) is 5.58. The molecule has 0 N–H and O–H groups in total. The standard InChI is InChI=1S/C18H17ClO6/c1-21-15-9-12(10-16-17(15)24-7-6-23-16)18(20)25-8-5-22-14-4-2-3-13(19)11-14/h2-4,9-11H,5-8H2,1H3. The summed E-state index contributed by atoms with van der Waals surface area (Å²) in [5.41, 5.74) is 0.323. The third-order valence-corrected chi connectivity index (χ3v) is 3.68. The van der Waals surface area contributed by atoms with Gasteiger partial charge in [-0.05, 0) is 30.3 Å². The van der Waals surface area contributed by atoms with Gasteiger partial charge in [-0.25, -0.2) is 4.79 Å². The van der Waals surface area contributed by atoms with Crippen LogP contribution in [0.4, 0.5) is 0 Å². The van der Waals surface area contributed by atoms with Crippen LogP contribution in [0.5, 0.6) is 23.0 Å². The van der Waals surface area contributed by atoms with Crippen molar-refractivity contribution in [2.45, 2.75) is 0 Å². The van der Waals surface area contributed by atoms with Crippen molar-refractivity contribution in [2.75, 3.05) is 33.5 Å². The summed E-state index contributed by atoms with van der Waals surface area (Å²) in [5.74, 6) is 1.51. The number of hydrogen-bond donors (Lipinski definition) is 0. The van der Waals surface area contributed by atoms with E-state index in [1.54, 1.807) is 36.4 Å². The summed E-state index contributed by atoms with van der Waals surface area (Å²) in [5, 5.41) is 0.581. The Labute approximate surface area is 150 Å². The van der Waals surface area contributed by atoms with Gasteiger partial charge in [-0.2, -0.15) is 0 Å². The lowest BCUT2D eigenvalue weighted by Gasteiger charge is -2.21. The van der Waals surface area contributed by atoms with E-state index >= 15 is 0 Å². The Balaban J connectivity index is 1.58. The zero-order chi connectivity index (χ0) is 17.6. The zero-order valence-electron chi connectivity index (χ0n) is 13.6. The molecular weight excluding hydrogens is 348 g/mol. The van der Waals surface area contributed by atoms with Crippen molar-refractivity contribution >= 4 is 17.6 Å². The smallest absolute Gasteiger partial charge is 0.338 e. The third-order valence-electron chi connectivity index (χ3n) is 3.44. The van der Waals surface area contributed by atoms with E-state index in [0.29, 0.717) is 46.8 Å². The number of hydrogen-bond acceptors (Lipinski definition) is 6. The van der Waals surface area contributed by atoms with Crippen LogP contribution in [-0.4, -0.2) is 39.5 Å². The van der Waals surface area contributed by atoms with Crippen molar-refractivity contribution < 1.29 is 28.5 Å². The molecule has 0 aliphatic carbocycles. The fourth-order valence-corrected chi connectivity index (χ4v) is 2.51. The van der Waals surface area contributed by atoms with Crippen LogP contribution in [0.25, 0.3) is 0 Å². The molecule has 132 valence electrons. The molecule has 7 heteroatoms. The molecule has 0 amide bonds. The normalized spacial score (nSPS) is 12.4. The highest BCUT2D eigenvalue weighted by Crippen LogP contribution is 2.40. The average molecular weight is 365 g/mol. The number of carbonyl (C=O) groups excluding carboxylic acids is 1. The molecule has 0 saturated carbocycles. The van der Waals surface area contributed by atoms with Gasteiger partial charge in [0.2, 0.25) is 5.75 Å². The highest BCUT2D eigenvalue weighted by atomic mass is 35.5. The summed E-state index contributed by atoms with van der Waals surface area (Å²) in [6, 6.07) is 10.1. The van der Waals surface area contributed by atoms with Crippen molar-refractivity contribution in [1.82, 2.24) is 0 Å². The van der Waals surface area contributed by atoms with Crippen molar-refractivity contribution in [1.29, 1.82) is 0 Å². The van der Waals surface area contributed by atoms with E-state index in [0.717, 1.165) is 0 Å². The van der Waals surface area contributed by atoms with Crippen LogP contribution >= 0.6 is 11.6 Å². The first-order valence-electron chi connectivity index (χ1n) is 7.70. The fourth-order valence-electron chi connectivity index (χ4n) is 2.32. The molecule has 0 saturated heterocycles. The van der Waals surface area contributed by atoms with Gasteiger partial charge in [-0.3, -0.25) is 0 Å². The number of ether oxygens (including phenoxy) is 5. The molecule has 0 radical (unpaired) electrons. The predicted molar refractivity (Wildman–Crippen MR) is 91.2 cm³/mol. The van der Waals surface area contributed by atoms with Crippen LogP contribution in [0.3, 0.4) is 0 Å². The Bertz CT molecular complexity index is 744. The molecule has 0 unspecified atom stereocenters. The van der Waals surface area contributed by atoms with E-state index in [1.165, 1.54) is 7.11 Å². The Morgan fingerprint density at radius 2 is 2.00 bits per heavy atom. The van der Waals surface area contributed by atoms with E-state index in [1.807, 2.05) is 0 Å². The maximum Gasteiger partial charge on any atom is 0.338 e. The summed E-state index contributed by atoms with van der Waals surface area (Å²) in [4.78, 5) is 12.2. The predicted octanol–water partition coefficient (Wildman–Crippen LogP) is 3.36. The lowest BCUT2D eigenvalue weighted by Crippen LogP contribution is -2.17. The molecule has 3 rings (SSSR count). The molecule has 1 heterocycles. The van der Waals surface area contributed by atoms with Crippen LogP contribution < -0.4 is 18.9 Å². The number of methoxy groups -OCH3 is 1. The molecule has 6 nitrogen and oxygen atoms in total. The Hall–Kier alpha value is -2.60. The number of carbonyl (C=O) groups is 1. The van der Waals surface area contributed by atoms with Gasteiger partial charge in [-0.1, -0.05) is 17.7 Å². The molecule has 1 aliphatic heterocycles. The molecule has 25 heavy (non-hydrogen) atoms. The van der Waals surface area contributed by atoms with Gasteiger partial charge in [0, 0.05) is 5.02 Å². The van der Waals surface area contributed by atoms with Gasteiger partial charge in [0.05, 0.1) is 12.7 Å². The van der Waals surface area contributed by atoms with Gasteiger partial charge in [-0.15, -0.1) is 0 Å². The Morgan fingerprint density at radius 3 is 2.80 bits per heavy atom. The Kier molecular flexibility index (Phi) is 5.50. The first-order valence-corrected chi connectivity index (χ1v) is 8.08. The van der Waals surface area contributed by atoms with E-state index in [-0.39, 0.29) is 13.2 Å². The van der Waals surface area contributed by atoms with E-state index in [9.17, 15) is 4.79 Å². The quantitative estimate of drug-likeness (QED) is 0.578. The average Bonchev–Trinajstić information content (AvgIpc) is 2.64. The number of benzene rings is 2. The number of esters is 1. The molecule has 0 fully saturated rings. The van der Waals surface area contributed by atoms with Crippen LogP contribution in [-0.2, 0) is 4.74 Å². The van der Waals surface area contributed by atoms with E-state index in [4.69, 9.17) is 35.3 Å². The van der Waals surface area contributed by atoms with Crippen LogP contribution in [0.2, 0.25) is 5.02 Å². The van der Waals surface area contributed by atoms with Gasteiger partial charge in [0.1, 0.15) is 32.2 Å². The van der Waals surface area contributed by atoms with Crippen LogP contribution in [0.15, 0.2) is 36.4 Å². The highest BCUT2D eigenvalue weighted by molar-refractivity contribution is 6.30. The minimum Gasteiger partial charge on any atom is -0.493 e. The largest absolute Gasteiger partial charge is 0.493 e. The first-order chi connectivity index (χ1) is 12.2. The lowest BCUT2D eigenvalue weighted by molar-refractivity contribution is 0.0449. The first kappa shape index (κ1) is 17.2. The highest BCUT2D eigenvalue weighted by Gasteiger charge is 2.21. The molecule has 0 aromatic heterocycles. The summed E-state index contributed by atoms with van der Waals surface area (Å²) in [6.07, 6.45) is 0. The van der Waals surface area contributed by atoms with Gasteiger partial charge < -0.3 is 23.7 Å².